The lowest BCUT2D eigenvalue weighted by atomic mass is 9.73. The van der Waals surface area contributed by atoms with Gasteiger partial charge in [0.15, 0.2) is 11.5 Å². The Morgan fingerprint density at radius 2 is 1.17 bits per heavy atom. The minimum Gasteiger partial charge on any atom is -0.453 e. The van der Waals surface area contributed by atoms with Crippen LogP contribution >= 0.6 is 0 Å². The molecule has 0 unspecified atom stereocenters. The van der Waals surface area contributed by atoms with Crippen molar-refractivity contribution in [3.63, 3.8) is 0 Å². The van der Waals surface area contributed by atoms with Gasteiger partial charge in [0, 0.05) is 16.8 Å². The highest BCUT2D eigenvalue weighted by Crippen LogP contribution is 2.47. The molecule has 6 rings (SSSR count). The zero-order valence-electron chi connectivity index (χ0n) is 17.0. The van der Waals surface area contributed by atoms with Crippen molar-refractivity contribution >= 4 is 22.7 Å². The Bertz CT molecular complexity index is 1310. The molecule has 4 aromatic carbocycles. The summed E-state index contributed by atoms with van der Waals surface area (Å²) < 4.78 is 6.16. The summed E-state index contributed by atoms with van der Waals surface area (Å²) in [5, 5.41) is 7.06. The van der Waals surface area contributed by atoms with Gasteiger partial charge in [-0.2, -0.15) is 0 Å². The molecule has 0 atom stereocenters. The second-order valence-corrected chi connectivity index (χ2v) is 8.49. The molecule has 0 bridgehead atoms. The predicted octanol–water partition coefficient (Wildman–Crippen LogP) is 7.59. The van der Waals surface area contributed by atoms with E-state index in [9.17, 15) is 0 Å². The standard InChI is InChI=1S/C27H22N2O/c1-27(2)19-7-3-4-8-21(19)28-22-13-11-17(15-20(22)27)18-12-14-24-26(16-18)30-25-10-6-5-9-23(25)29-24/h3-16,28-29H,1-2H3. The summed E-state index contributed by atoms with van der Waals surface area (Å²) in [4.78, 5) is 0. The van der Waals surface area contributed by atoms with Crippen molar-refractivity contribution in [3.8, 4) is 22.6 Å². The lowest BCUT2D eigenvalue weighted by Gasteiger charge is -2.36. The molecule has 2 aliphatic rings. The molecule has 4 aromatic rings. The number of anilines is 4. The van der Waals surface area contributed by atoms with Gasteiger partial charge < -0.3 is 15.4 Å². The summed E-state index contributed by atoms with van der Waals surface area (Å²) in [5.74, 6) is 1.71. The molecule has 2 N–H and O–H groups in total. The molecule has 0 saturated heterocycles. The van der Waals surface area contributed by atoms with Gasteiger partial charge in [0.2, 0.25) is 0 Å². The molecule has 30 heavy (non-hydrogen) atoms. The Morgan fingerprint density at radius 1 is 0.567 bits per heavy atom. The lowest BCUT2D eigenvalue weighted by Crippen LogP contribution is -2.25. The molecule has 0 spiro atoms. The van der Waals surface area contributed by atoms with Crippen molar-refractivity contribution in [3.05, 3.63) is 96.1 Å². The average Bonchev–Trinajstić information content (AvgIpc) is 2.77. The molecule has 2 aliphatic heterocycles. The summed E-state index contributed by atoms with van der Waals surface area (Å²) in [6, 6.07) is 29.6. The number of hydrogen-bond acceptors (Lipinski definition) is 3. The third kappa shape index (κ3) is 2.52. The zero-order chi connectivity index (χ0) is 20.3. The first-order valence-corrected chi connectivity index (χ1v) is 10.3. The largest absolute Gasteiger partial charge is 0.453 e. The smallest absolute Gasteiger partial charge is 0.151 e. The number of fused-ring (bicyclic) bond motifs is 4. The Labute approximate surface area is 176 Å². The van der Waals surface area contributed by atoms with Crippen LogP contribution in [0.5, 0.6) is 11.5 Å². The summed E-state index contributed by atoms with van der Waals surface area (Å²) in [6.07, 6.45) is 0. The van der Waals surface area contributed by atoms with Gasteiger partial charge in [-0.15, -0.1) is 0 Å². The number of para-hydroxylation sites is 3. The quantitative estimate of drug-likeness (QED) is 0.309. The van der Waals surface area contributed by atoms with Crippen molar-refractivity contribution in [2.75, 3.05) is 10.6 Å². The van der Waals surface area contributed by atoms with Gasteiger partial charge in [-0.1, -0.05) is 56.3 Å². The van der Waals surface area contributed by atoms with Gasteiger partial charge in [-0.3, -0.25) is 0 Å². The van der Waals surface area contributed by atoms with Gasteiger partial charge in [-0.25, -0.2) is 0 Å². The molecule has 0 fully saturated rings. The molecule has 2 heterocycles. The Kier molecular flexibility index (Phi) is 3.51. The lowest BCUT2D eigenvalue weighted by molar-refractivity contribution is 0.481. The Hall–Kier alpha value is -3.72. The maximum absolute atomic E-state index is 6.16. The molecular formula is C27H22N2O. The first-order chi connectivity index (χ1) is 14.6. The van der Waals surface area contributed by atoms with Crippen LogP contribution in [0.25, 0.3) is 11.1 Å². The summed E-state index contributed by atoms with van der Waals surface area (Å²) in [5.41, 5.74) is 9.25. The SMILES string of the molecule is CC1(C)c2ccccc2Nc2ccc(-c3ccc4c(c3)Oc3ccccc3N4)cc21. The molecule has 0 aromatic heterocycles. The van der Waals surface area contributed by atoms with Crippen molar-refractivity contribution < 1.29 is 4.74 Å². The Balaban J connectivity index is 1.41. The highest BCUT2D eigenvalue weighted by Gasteiger charge is 2.32. The highest BCUT2D eigenvalue weighted by atomic mass is 16.5. The fraction of sp³-hybridized carbons (Fsp3) is 0.111. The Morgan fingerprint density at radius 3 is 2.03 bits per heavy atom. The van der Waals surface area contributed by atoms with Crippen LogP contribution in [0.4, 0.5) is 22.7 Å². The predicted molar refractivity (Wildman–Crippen MR) is 124 cm³/mol. The van der Waals surface area contributed by atoms with E-state index in [2.05, 4.69) is 85.1 Å². The monoisotopic (exact) mass is 390 g/mol. The summed E-state index contributed by atoms with van der Waals surface area (Å²) in [6.45, 7) is 4.60. The number of benzene rings is 4. The number of nitrogens with one attached hydrogen (secondary N) is 2. The maximum atomic E-state index is 6.16. The van der Waals surface area contributed by atoms with Crippen LogP contribution in [-0.2, 0) is 5.41 Å². The molecule has 0 radical (unpaired) electrons. The molecule has 146 valence electrons. The topological polar surface area (TPSA) is 33.3 Å². The number of ether oxygens (including phenoxy) is 1. The third-order valence-electron chi connectivity index (χ3n) is 6.25. The van der Waals surface area contributed by atoms with E-state index in [4.69, 9.17) is 4.74 Å². The summed E-state index contributed by atoms with van der Waals surface area (Å²) in [7, 11) is 0. The first-order valence-electron chi connectivity index (χ1n) is 10.3. The molecule has 3 nitrogen and oxygen atoms in total. The van der Waals surface area contributed by atoms with Gasteiger partial charge in [0.05, 0.1) is 11.4 Å². The average molecular weight is 390 g/mol. The van der Waals surface area contributed by atoms with E-state index in [0.29, 0.717) is 0 Å². The normalized spacial score (nSPS) is 14.7. The second kappa shape index (κ2) is 6.14. The highest BCUT2D eigenvalue weighted by molar-refractivity contribution is 5.82. The zero-order valence-corrected chi connectivity index (χ0v) is 17.0. The van der Waals surface area contributed by atoms with Crippen LogP contribution in [-0.4, -0.2) is 0 Å². The fourth-order valence-electron chi connectivity index (χ4n) is 4.59. The van der Waals surface area contributed by atoms with Gasteiger partial charge in [0.25, 0.3) is 0 Å². The second-order valence-electron chi connectivity index (χ2n) is 8.49. The van der Waals surface area contributed by atoms with Crippen molar-refractivity contribution in [1.29, 1.82) is 0 Å². The van der Waals surface area contributed by atoms with Crippen molar-refractivity contribution in [1.82, 2.24) is 0 Å². The first kappa shape index (κ1) is 17.2. The van der Waals surface area contributed by atoms with Crippen molar-refractivity contribution in [2.45, 2.75) is 19.3 Å². The molecule has 3 heteroatoms. The van der Waals surface area contributed by atoms with E-state index in [0.717, 1.165) is 28.4 Å². The van der Waals surface area contributed by atoms with Crippen LogP contribution in [0.3, 0.4) is 0 Å². The van der Waals surface area contributed by atoms with Gasteiger partial charge >= 0.3 is 0 Å². The van der Waals surface area contributed by atoms with E-state index in [1.165, 1.54) is 28.1 Å². The van der Waals surface area contributed by atoms with Crippen LogP contribution < -0.4 is 15.4 Å². The van der Waals surface area contributed by atoms with E-state index in [1.807, 2.05) is 24.3 Å². The van der Waals surface area contributed by atoms with Gasteiger partial charge in [0.1, 0.15) is 0 Å². The fourth-order valence-corrected chi connectivity index (χ4v) is 4.59. The number of rotatable bonds is 1. The summed E-state index contributed by atoms with van der Waals surface area (Å²) >= 11 is 0. The minimum atomic E-state index is -0.0710. The van der Waals surface area contributed by atoms with E-state index in [-0.39, 0.29) is 5.41 Å². The van der Waals surface area contributed by atoms with Crippen LogP contribution in [0.2, 0.25) is 0 Å². The minimum absolute atomic E-state index is 0.0710. The van der Waals surface area contributed by atoms with E-state index >= 15 is 0 Å². The third-order valence-corrected chi connectivity index (χ3v) is 6.25. The molecule has 0 aliphatic carbocycles. The van der Waals surface area contributed by atoms with Crippen molar-refractivity contribution in [2.24, 2.45) is 0 Å². The van der Waals surface area contributed by atoms with Crippen LogP contribution in [0.15, 0.2) is 84.9 Å². The molecular weight excluding hydrogens is 368 g/mol. The molecule has 0 saturated carbocycles. The van der Waals surface area contributed by atoms with E-state index < -0.39 is 0 Å². The van der Waals surface area contributed by atoms with Crippen LogP contribution in [0, 0.1) is 0 Å². The van der Waals surface area contributed by atoms with Crippen LogP contribution in [0.1, 0.15) is 25.0 Å². The molecule has 0 amide bonds. The maximum Gasteiger partial charge on any atom is 0.151 e. The van der Waals surface area contributed by atoms with E-state index in [1.54, 1.807) is 0 Å². The number of hydrogen-bond donors (Lipinski definition) is 2. The van der Waals surface area contributed by atoms with Gasteiger partial charge in [-0.05, 0) is 64.7 Å².